The summed E-state index contributed by atoms with van der Waals surface area (Å²) in [7, 11) is -2.06. The Labute approximate surface area is 111 Å². The van der Waals surface area contributed by atoms with Gasteiger partial charge in [0.05, 0.1) is 35.9 Å². The summed E-state index contributed by atoms with van der Waals surface area (Å²) in [6, 6.07) is 2.69. The fraction of sp³-hybridized carbons (Fsp3) is 0.417. The summed E-state index contributed by atoms with van der Waals surface area (Å²) in [6.45, 7) is 1.70. The number of hydrogen-bond donors (Lipinski definition) is 2. The number of carboxylic acids is 1. The van der Waals surface area contributed by atoms with Crippen LogP contribution in [0.15, 0.2) is 17.0 Å². The van der Waals surface area contributed by atoms with E-state index >= 15 is 0 Å². The van der Waals surface area contributed by atoms with E-state index in [0.717, 1.165) is 0 Å². The van der Waals surface area contributed by atoms with Crippen molar-refractivity contribution in [2.75, 3.05) is 18.2 Å². The van der Waals surface area contributed by atoms with Gasteiger partial charge in [-0.1, -0.05) is 6.07 Å². The molecule has 1 aromatic rings. The van der Waals surface area contributed by atoms with E-state index in [-0.39, 0.29) is 17.1 Å². The van der Waals surface area contributed by atoms with Crippen LogP contribution in [0.25, 0.3) is 0 Å². The third kappa shape index (κ3) is 2.51. The fourth-order valence-electron chi connectivity index (χ4n) is 2.29. The second-order valence-corrected chi connectivity index (χ2v) is 6.48. The molecule has 6 nitrogen and oxygen atoms in total. The number of aryl methyl sites for hydroxylation is 1. The number of sulfone groups is 1. The molecule has 1 aliphatic heterocycles. The molecule has 19 heavy (non-hydrogen) atoms. The molecule has 7 heteroatoms. The van der Waals surface area contributed by atoms with Crippen LogP contribution in [0.5, 0.6) is 5.75 Å². The highest BCUT2D eigenvalue weighted by atomic mass is 32.2. The molecule has 1 unspecified atom stereocenters. The van der Waals surface area contributed by atoms with Crippen molar-refractivity contribution in [3.63, 3.8) is 0 Å². The maximum Gasteiger partial charge on any atom is 0.305 e. The first-order valence-corrected chi connectivity index (χ1v) is 7.39. The molecule has 1 aromatic carbocycles. The first-order chi connectivity index (χ1) is 8.85. The van der Waals surface area contributed by atoms with Gasteiger partial charge in [0.1, 0.15) is 5.75 Å². The van der Waals surface area contributed by atoms with Crippen molar-refractivity contribution in [1.29, 1.82) is 0 Å². The molecule has 2 N–H and O–H groups in total. The number of carboxylic acid groups (broad SMARTS) is 1. The zero-order chi connectivity index (χ0) is 14.2. The highest BCUT2D eigenvalue weighted by Gasteiger charge is 2.34. The number of anilines is 1. The largest absolute Gasteiger partial charge is 0.495 e. The Morgan fingerprint density at radius 1 is 1.53 bits per heavy atom. The zero-order valence-corrected chi connectivity index (χ0v) is 11.5. The van der Waals surface area contributed by atoms with E-state index in [9.17, 15) is 13.2 Å². The lowest BCUT2D eigenvalue weighted by molar-refractivity contribution is -0.137. The molecule has 0 radical (unpaired) electrons. The van der Waals surface area contributed by atoms with Gasteiger partial charge in [0, 0.05) is 0 Å². The maximum absolute atomic E-state index is 12.3. The van der Waals surface area contributed by atoms with Crippen molar-refractivity contribution in [1.82, 2.24) is 0 Å². The smallest absolute Gasteiger partial charge is 0.305 e. The van der Waals surface area contributed by atoms with Crippen LogP contribution in [0.4, 0.5) is 5.69 Å². The van der Waals surface area contributed by atoms with Crippen molar-refractivity contribution in [2.24, 2.45) is 0 Å². The molecule has 1 aliphatic rings. The van der Waals surface area contributed by atoms with E-state index in [0.29, 0.717) is 17.0 Å². The van der Waals surface area contributed by atoms with Gasteiger partial charge in [0.25, 0.3) is 0 Å². The number of fused-ring (bicyclic) bond motifs is 1. The summed E-state index contributed by atoms with van der Waals surface area (Å²) in [5.74, 6) is -0.859. The molecule has 0 aliphatic carbocycles. The molecule has 1 atom stereocenters. The molecule has 0 amide bonds. The Kier molecular flexibility index (Phi) is 3.40. The second kappa shape index (κ2) is 4.73. The minimum Gasteiger partial charge on any atom is -0.495 e. The Hall–Kier alpha value is -1.76. The van der Waals surface area contributed by atoms with E-state index in [4.69, 9.17) is 9.84 Å². The lowest BCUT2D eigenvalue weighted by Crippen LogP contribution is -2.36. The first kappa shape index (κ1) is 13.7. The van der Waals surface area contributed by atoms with E-state index in [1.165, 1.54) is 7.11 Å². The Bertz CT molecular complexity index is 623. The molecule has 0 saturated carbocycles. The minimum atomic E-state index is -3.51. The quantitative estimate of drug-likeness (QED) is 0.862. The van der Waals surface area contributed by atoms with Crippen LogP contribution in [0.2, 0.25) is 0 Å². The molecule has 0 fully saturated rings. The number of ether oxygens (including phenoxy) is 1. The average Bonchev–Trinajstić information content (AvgIpc) is 2.26. The van der Waals surface area contributed by atoms with Crippen LogP contribution in [0.3, 0.4) is 0 Å². The van der Waals surface area contributed by atoms with Crippen LogP contribution in [-0.4, -0.2) is 38.4 Å². The predicted molar refractivity (Wildman–Crippen MR) is 69.4 cm³/mol. The van der Waals surface area contributed by atoms with Crippen molar-refractivity contribution >= 4 is 21.5 Å². The first-order valence-electron chi connectivity index (χ1n) is 5.74. The standard InChI is InChI=1S/C12H15NO5S/c1-7-3-4-9(18-2)11-12(7)19(16,17)6-8(13-11)5-10(14)15/h3-4,8,13H,5-6H2,1-2H3,(H,14,15). The Morgan fingerprint density at radius 3 is 2.79 bits per heavy atom. The number of carbonyl (C=O) groups is 1. The van der Waals surface area contributed by atoms with E-state index in [1.807, 2.05) is 0 Å². The molecule has 2 rings (SSSR count). The molecule has 1 heterocycles. The summed E-state index contributed by atoms with van der Waals surface area (Å²) in [5.41, 5.74) is 0.983. The van der Waals surface area contributed by atoms with Crippen molar-refractivity contribution in [3.05, 3.63) is 17.7 Å². The van der Waals surface area contributed by atoms with Crippen LogP contribution < -0.4 is 10.1 Å². The van der Waals surface area contributed by atoms with Gasteiger partial charge in [-0.15, -0.1) is 0 Å². The highest BCUT2D eigenvalue weighted by molar-refractivity contribution is 7.91. The molecule has 0 bridgehead atoms. The van der Waals surface area contributed by atoms with Gasteiger partial charge < -0.3 is 15.2 Å². The van der Waals surface area contributed by atoms with Gasteiger partial charge in [0.15, 0.2) is 9.84 Å². The summed E-state index contributed by atoms with van der Waals surface area (Å²) in [6.07, 6.45) is -0.254. The monoisotopic (exact) mass is 285 g/mol. The minimum absolute atomic E-state index is 0.202. The lowest BCUT2D eigenvalue weighted by Gasteiger charge is -2.28. The maximum atomic E-state index is 12.3. The van der Waals surface area contributed by atoms with Crippen molar-refractivity contribution in [2.45, 2.75) is 24.3 Å². The van der Waals surface area contributed by atoms with Gasteiger partial charge in [-0.25, -0.2) is 8.42 Å². The van der Waals surface area contributed by atoms with E-state index in [1.54, 1.807) is 19.1 Å². The van der Waals surface area contributed by atoms with Gasteiger partial charge in [-0.2, -0.15) is 0 Å². The summed E-state index contributed by atoms with van der Waals surface area (Å²) < 4.78 is 29.7. The molecule has 0 spiro atoms. The van der Waals surface area contributed by atoms with Gasteiger partial charge in [0.2, 0.25) is 0 Å². The summed E-state index contributed by atoms with van der Waals surface area (Å²) in [4.78, 5) is 10.9. The lowest BCUT2D eigenvalue weighted by atomic mass is 10.1. The van der Waals surface area contributed by atoms with Gasteiger partial charge in [-0.05, 0) is 18.6 Å². The van der Waals surface area contributed by atoms with E-state index < -0.39 is 21.8 Å². The molecule has 104 valence electrons. The zero-order valence-electron chi connectivity index (χ0n) is 10.6. The van der Waals surface area contributed by atoms with Crippen LogP contribution in [-0.2, 0) is 14.6 Å². The van der Waals surface area contributed by atoms with Crippen LogP contribution >= 0.6 is 0 Å². The Morgan fingerprint density at radius 2 is 2.21 bits per heavy atom. The van der Waals surface area contributed by atoms with Gasteiger partial charge >= 0.3 is 5.97 Å². The summed E-state index contributed by atoms with van der Waals surface area (Å²) in [5, 5.41) is 11.8. The third-order valence-electron chi connectivity index (χ3n) is 3.04. The number of methoxy groups -OCH3 is 1. The SMILES string of the molecule is COc1ccc(C)c2c1NC(CC(=O)O)CS2(=O)=O. The molecular formula is C12H15NO5S. The molecule has 0 saturated heterocycles. The molecular weight excluding hydrogens is 270 g/mol. The topological polar surface area (TPSA) is 92.7 Å². The van der Waals surface area contributed by atoms with Crippen molar-refractivity contribution < 1.29 is 23.1 Å². The number of benzene rings is 1. The van der Waals surface area contributed by atoms with Crippen LogP contribution in [0.1, 0.15) is 12.0 Å². The summed E-state index contributed by atoms with van der Waals surface area (Å²) >= 11 is 0. The molecule has 0 aromatic heterocycles. The van der Waals surface area contributed by atoms with Crippen LogP contribution in [0, 0.1) is 6.92 Å². The van der Waals surface area contributed by atoms with E-state index in [2.05, 4.69) is 5.32 Å². The number of hydrogen-bond acceptors (Lipinski definition) is 5. The third-order valence-corrected chi connectivity index (χ3v) is 5.03. The number of rotatable bonds is 3. The predicted octanol–water partition coefficient (Wildman–Crippen LogP) is 1.05. The van der Waals surface area contributed by atoms with Gasteiger partial charge in [-0.3, -0.25) is 4.79 Å². The second-order valence-electron chi connectivity index (χ2n) is 4.51. The normalized spacial score (nSPS) is 20.2. The average molecular weight is 285 g/mol. The highest BCUT2D eigenvalue weighted by Crippen LogP contribution is 2.39. The Balaban J connectivity index is 2.55. The van der Waals surface area contributed by atoms with Crippen molar-refractivity contribution in [3.8, 4) is 5.75 Å². The fourth-order valence-corrected chi connectivity index (χ4v) is 4.22. The number of nitrogens with one attached hydrogen (secondary N) is 1. The number of aliphatic carboxylic acids is 1.